The van der Waals surface area contributed by atoms with Crippen molar-refractivity contribution in [3.63, 3.8) is 0 Å². The van der Waals surface area contributed by atoms with Crippen molar-refractivity contribution in [2.75, 3.05) is 0 Å². The fraction of sp³-hybridized carbons (Fsp3) is 0.238. The Labute approximate surface area is 169 Å². The summed E-state index contributed by atoms with van der Waals surface area (Å²) in [5.41, 5.74) is 1.58. The van der Waals surface area contributed by atoms with Gasteiger partial charge in [0.25, 0.3) is 11.2 Å². The number of nitrogens with zero attached hydrogens (tertiary/aromatic N) is 2. The Morgan fingerprint density at radius 2 is 2.10 bits per heavy atom. The van der Waals surface area contributed by atoms with Crippen LogP contribution in [0.25, 0.3) is 33.1 Å². The van der Waals surface area contributed by atoms with Crippen LogP contribution in [0.3, 0.4) is 0 Å². The quantitative estimate of drug-likeness (QED) is 0.383. The number of nitro benzene ring substituents is 1. The summed E-state index contributed by atoms with van der Waals surface area (Å²) in [6.07, 6.45) is 2.99. The number of non-ortho nitro benzene ring substituents is 1. The normalized spacial score (nSPS) is 16.1. The summed E-state index contributed by atoms with van der Waals surface area (Å²) in [5.74, 6) is 1.89. The van der Waals surface area contributed by atoms with Crippen LogP contribution in [0.2, 0.25) is 0 Å². The van der Waals surface area contributed by atoms with Crippen molar-refractivity contribution in [2.24, 2.45) is 5.92 Å². The van der Waals surface area contributed by atoms with Crippen molar-refractivity contribution in [1.82, 2.24) is 9.97 Å². The number of furan rings is 1. The topological polar surface area (TPSA) is 102 Å². The summed E-state index contributed by atoms with van der Waals surface area (Å²) in [6.45, 7) is 2.23. The lowest BCUT2D eigenvalue weighted by Gasteiger charge is -2.17. The molecule has 0 saturated carbocycles. The number of nitrogens with one attached hydrogen (secondary N) is 1. The van der Waals surface area contributed by atoms with Gasteiger partial charge in [0.2, 0.25) is 0 Å². The maximum Gasteiger partial charge on any atom is 0.270 e. The Hall–Kier alpha value is -3.26. The van der Waals surface area contributed by atoms with E-state index in [-0.39, 0.29) is 11.2 Å². The maximum absolute atomic E-state index is 12.8. The summed E-state index contributed by atoms with van der Waals surface area (Å²) in [6, 6.07) is 9.67. The lowest BCUT2D eigenvalue weighted by Crippen LogP contribution is -2.13. The molecule has 1 N–H and O–H groups in total. The fourth-order valence-corrected chi connectivity index (χ4v) is 5.24. The van der Waals surface area contributed by atoms with Crippen LogP contribution in [0.1, 0.15) is 23.8 Å². The highest BCUT2D eigenvalue weighted by Gasteiger charge is 2.23. The lowest BCUT2D eigenvalue weighted by atomic mass is 9.89. The second-order valence-corrected chi connectivity index (χ2v) is 8.50. The van der Waals surface area contributed by atoms with Gasteiger partial charge in [-0.05, 0) is 42.9 Å². The Morgan fingerprint density at radius 1 is 1.28 bits per heavy atom. The van der Waals surface area contributed by atoms with E-state index in [1.54, 1.807) is 35.6 Å². The molecule has 146 valence electrons. The van der Waals surface area contributed by atoms with E-state index in [2.05, 4.69) is 16.9 Å². The van der Waals surface area contributed by atoms with Crippen LogP contribution in [-0.2, 0) is 12.8 Å². The van der Waals surface area contributed by atoms with Gasteiger partial charge >= 0.3 is 0 Å². The number of nitro groups is 1. The van der Waals surface area contributed by atoms with Gasteiger partial charge in [0.05, 0.1) is 10.3 Å². The number of hydrogen-bond acceptors (Lipinski definition) is 6. The van der Waals surface area contributed by atoms with Gasteiger partial charge in [0.1, 0.15) is 10.6 Å². The van der Waals surface area contributed by atoms with E-state index >= 15 is 0 Å². The Morgan fingerprint density at radius 3 is 2.93 bits per heavy atom. The second kappa shape index (κ2) is 6.66. The number of aromatic amines is 1. The number of H-pyrrole nitrogens is 1. The van der Waals surface area contributed by atoms with Crippen molar-refractivity contribution in [3.8, 4) is 22.9 Å². The van der Waals surface area contributed by atoms with Crippen LogP contribution in [0.5, 0.6) is 0 Å². The third-order valence-electron chi connectivity index (χ3n) is 5.35. The van der Waals surface area contributed by atoms with Crippen molar-refractivity contribution in [2.45, 2.75) is 26.2 Å². The molecule has 1 atom stereocenters. The number of hydrogen-bond donors (Lipinski definition) is 1. The number of thiophene rings is 1. The zero-order valence-electron chi connectivity index (χ0n) is 15.6. The van der Waals surface area contributed by atoms with E-state index in [0.717, 1.165) is 29.7 Å². The summed E-state index contributed by atoms with van der Waals surface area (Å²) < 4.78 is 5.86. The van der Waals surface area contributed by atoms with Crippen molar-refractivity contribution < 1.29 is 9.34 Å². The molecule has 0 saturated heterocycles. The van der Waals surface area contributed by atoms with Crippen LogP contribution in [0.15, 0.2) is 45.6 Å². The average Bonchev–Trinajstić information content (AvgIpc) is 3.32. The largest absolute Gasteiger partial charge is 0.453 e. The molecule has 0 fully saturated rings. The molecule has 8 heteroatoms. The highest BCUT2D eigenvalue weighted by Crippen LogP contribution is 2.36. The van der Waals surface area contributed by atoms with E-state index in [1.165, 1.54) is 17.0 Å². The lowest BCUT2D eigenvalue weighted by molar-refractivity contribution is -0.384. The van der Waals surface area contributed by atoms with Crippen LogP contribution >= 0.6 is 11.3 Å². The third kappa shape index (κ3) is 3.05. The van der Waals surface area contributed by atoms with Crippen molar-refractivity contribution >= 4 is 27.2 Å². The van der Waals surface area contributed by atoms with Gasteiger partial charge in [-0.15, -0.1) is 11.3 Å². The van der Waals surface area contributed by atoms with Gasteiger partial charge in [0.15, 0.2) is 11.6 Å². The molecule has 1 aliphatic rings. The summed E-state index contributed by atoms with van der Waals surface area (Å²) in [4.78, 5) is 32.8. The first-order valence-corrected chi connectivity index (χ1v) is 10.2. The molecule has 4 aromatic rings. The molecule has 29 heavy (non-hydrogen) atoms. The van der Waals surface area contributed by atoms with Crippen LogP contribution in [0.4, 0.5) is 5.69 Å². The molecule has 0 aliphatic heterocycles. The molecule has 7 nitrogen and oxygen atoms in total. The number of aromatic nitrogens is 2. The second-order valence-electron chi connectivity index (χ2n) is 7.42. The van der Waals surface area contributed by atoms with Gasteiger partial charge < -0.3 is 9.40 Å². The van der Waals surface area contributed by atoms with Crippen LogP contribution in [-0.4, -0.2) is 14.9 Å². The fourth-order valence-electron chi connectivity index (χ4n) is 3.86. The minimum atomic E-state index is -0.445. The van der Waals surface area contributed by atoms with Crippen molar-refractivity contribution in [1.29, 1.82) is 0 Å². The highest BCUT2D eigenvalue weighted by molar-refractivity contribution is 7.18. The molecule has 3 heterocycles. The molecule has 1 aliphatic carbocycles. The molecular weight excluding hydrogens is 390 g/mol. The van der Waals surface area contributed by atoms with Gasteiger partial charge in [-0.2, -0.15) is 0 Å². The highest BCUT2D eigenvalue weighted by atomic mass is 32.1. The Kier molecular flexibility index (Phi) is 4.09. The molecule has 0 spiro atoms. The van der Waals surface area contributed by atoms with Gasteiger partial charge in [-0.1, -0.05) is 19.1 Å². The monoisotopic (exact) mass is 407 g/mol. The summed E-state index contributed by atoms with van der Waals surface area (Å²) in [7, 11) is 0. The van der Waals surface area contributed by atoms with E-state index in [0.29, 0.717) is 34.2 Å². The standard InChI is InChI=1S/C21H17N3O4S/c1-11-5-6-14-17(9-11)29-21-18(14)20(25)22-19(23-21)16-8-7-15(28-16)12-3-2-4-13(10-12)24(26)27/h2-4,7-8,10-11H,5-6,9H2,1H3,(H,22,23,25)/t11-/m1/s1. The maximum atomic E-state index is 12.8. The number of rotatable bonds is 3. The molecule has 1 aromatic carbocycles. The number of benzene rings is 1. The molecule has 0 bridgehead atoms. The average molecular weight is 407 g/mol. The predicted molar refractivity (Wildman–Crippen MR) is 111 cm³/mol. The van der Waals surface area contributed by atoms with E-state index in [9.17, 15) is 14.9 Å². The Balaban J connectivity index is 1.56. The zero-order valence-corrected chi connectivity index (χ0v) is 16.4. The Bertz CT molecular complexity index is 1320. The minimum absolute atomic E-state index is 0.00760. The number of aryl methyl sites for hydroxylation is 1. The molecular formula is C21H17N3O4S. The summed E-state index contributed by atoms with van der Waals surface area (Å²) in [5, 5.41) is 11.7. The molecule has 0 radical (unpaired) electrons. The molecule has 0 unspecified atom stereocenters. The third-order valence-corrected chi connectivity index (χ3v) is 6.49. The predicted octanol–water partition coefficient (Wildman–Crippen LogP) is 4.94. The van der Waals surface area contributed by atoms with Crippen LogP contribution < -0.4 is 5.56 Å². The first-order chi connectivity index (χ1) is 14.0. The minimum Gasteiger partial charge on any atom is -0.453 e. The van der Waals surface area contributed by atoms with Crippen LogP contribution in [0, 0.1) is 16.0 Å². The van der Waals surface area contributed by atoms with Gasteiger partial charge in [-0.25, -0.2) is 4.98 Å². The van der Waals surface area contributed by atoms with Gasteiger partial charge in [0, 0.05) is 22.6 Å². The first kappa shape index (κ1) is 17.8. The SMILES string of the molecule is C[C@@H]1CCc2c(sc3nc(-c4ccc(-c5cccc([N+](=O)[O-])c5)o4)[nH]c(=O)c23)C1. The number of fused-ring (bicyclic) bond motifs is 3. The molecule has 0 amide bonds. The van der Waals surface area contributed by atoms with Crippen molar-refractivity contribution in [3.05, 3.63) is 67.3 Å². The zero-order chi connectivity index (χ0) is 20.1. The molecule has 5 rings (SSSR count). The van der Waals surface area contributed by atoms with E-state index in [1.807, 2.05) is 0 Å². The van der Waals surface area contributed by atoms with E-state index in [4.69, 9.17) is 4.42 Å². The molecule has 3 aromatic heterocycles. The first-order valence-electron chi connectivity index (χ1n) is 9.39. The van der Waals surface area contributed by atoms with Gasteiger partial charge in [-0.3, -0.25) is 14.9 Å². The summed E-state index contributed by atoms with van der Waals surface area (Å²) >= 11 is 1.59. The van der Waals surface area contributed by atoms with E-state index < -0.39 is 4.92 Å². The smallest absolute Gasteiger partial charge is 0.270 e.